The maximum absolute atomic E-state index is 5.83. The highest BCUT2D eigenvalue weighted by molar-refractivity contribution is 6.60. The minimum absolute atomic E-state index is 0. The van der Waals surface area contributed by atoms with Gasteiger partial charge in [0, 0.05) is 44.4 Å². The van der Waals surface area contributed by atoms with Gasteiger partial charge in [-0.2, -0.15) is 0 Å². The number of rotatable bonds is 10. The highest BCUT2D eigenvalue weighted by Gasteiger charge is 2.40. The summed E-state index contributed by atoms with van der Waals surface area (Å²) in [4.78, 5) is 0. The Morgan fingerprint density at radius 2 is 1.35 bits per heavy atom. The molecule has 1 rings (SSSR count). The van der Waals surface area contributed by atoms with Gasteiger partial charge in [0.1, 0.15) is 6.54 Å². The molecule has 1 aromatic rings. The number of hydrogen-bond acceptors (Lipinski definition) is 3. The van der Waals surface area contributed by atoms with Crippen molar-refractivity contribution >= 4 is 8.80 Å². The Hall–Kier alpha value is -0.0231. The molecule has 1 aromatic heterocycles. The van der Waals surface area contributed by atoms with Crippen molar-refractivity contribution in [2.45, 2.75) is 39.8 Å². The van der Waals surface area contributed by atoms with Gasteiger partial charge in [0.25, 0.3) is 0 Å². The first-order valence-corrected chi connectivity index (χ1v) is 9.05. The van der Waals surface area contributed by atoms with Gasteiger partial charge < -0.3 is 37.3 Å². The highest BCUT2D eigenvalue weighted by atomic mass is 127. The highest BCUT2D eigenvalue weighted by Crippen LogP contribution is 2.18. The lowest BCUT2D eigenvalue weighted by Gasteiger charge is -2.28. The van der Waals surface area contributed by atoms with E-state index in [1.165, 1.54) is 0 Å². The Bertz CT molecular complexity index is 323. The second-order valence-corrected chi connectivity index (χ2v) is 6.93. The van der Waals surface area contributed by atoms with E-state index in [4.69, 9.17) is 13.3 Å². The fraction of sp³-hybridized carbons (Fsp3) is 0.643. The minimum Gasteiger partial charge on any atom is -1.00 e. The van der Waals surface area contributed by atoms with E-state index in [2.05, 4.69) is 17.0 Å². The number of nitrogens with zero attached hydrogens (tertiary/aromatic N) is 1. The van der Waals surface area contributed by atoms with Crippen LogP contribution in [0.4, 0.5) is 0 Å². The van der Waals surface area contributed by atoms with Gasteiger partial charge in [0.15, 0.2) is 12.4 Å². The molecule has 0 aliphatic heterocycles. The minimum atomic E-state index is -2.46. The molecule has 0 unspecified atom stereocenters. The molecule has 0 radical (unpaired) electrons. The molecule has 0 amide bonds. The fourth-order valence-electron chi connectivity index (χ4n) is 2.06. The van der Waals surface area contributed by atoms with Crippen LogP contribution in [0, 0.1) is 0 Å². The number of pyridine rings is 1. The van der Waals surface area contributed by atoms with Crippen LogP contribution in [0.25, 0.3) is 0 Å². The molecule has 116 valence electrons. The van der Waals surface area contributed by atoms with Crippen molar-refractivity contribution in [2.75, 3.05) is 19.8 Å². The van der Waals surface area contributed by atoms with Crippen LogP contribution in [0.3, 0.4) is 0 Å². The van der Waals surface area contributed by atoms with Crippen molar-refractivity contribution in [1.82, 2.24) is 0 Å². The SMILES string of the molecule is CCO[Si](CCC[n+]1ccccc1)(OCC)OCC.[I-]. The summed E-state index contributed by atoms with van der Waals surface area (Å²) in [5.41, 5.74) is 0. The van der Waals surface area contributed by atoms with Crippen LogP contribution in [0.1, 0.15) is 27.2 Å². The monoisotopic (exact) mass is 411 g/mol. The normalized spacial score (nSPS) is 11.2. The average Bonchev–Trinajstić information content (AvgIpc) is 2.41. The van der Waals surface area contributed by atoms with E-state index in [1.807, 2.05) is 39.0 Å². The second-order valence-electron chi connectivity index (χ2n) is 4.20. The third-order valence-corrected chi connectivity index (χ3v) is 5.92. The summed E-state index contributed by atoms with van der Waals surface area (Å²) in [5, 5.41) is 0. The lowest BCUT2D eigenvalue weighted by molar-refractivity contribution is -0.697. The van der Waals surface area contributed by atoms with Gasteiger partial charge in [0.05, 0.1) is 0 Å². The molecular formula is C14H26INO3Si. The zero-order chi connectivity index (χ0) is 14.0. The third-order valence-electron chi connectivity index (χ3n) is 2.77. The Balaban J connectivity index is 0.00000361. The standard InChI is InChI=1S/C14H26NO3Si.HI/c1-4-16-19(17-5-2,18-6-3)14-10-13-15-11-8-7-9-12-15;/h7-9,11-12H,4-6,10,13-14H2,1-3H3;1H/q+1;/p-1. The first-order chi connectivity index (χ1) is 9.26. The Kier molecular flexibility index (Phi) is 11.6. The van der Waals surface area contributed by atoms with E-state index in [0.717, 1.165) is 19.0 Å². The van der Waals surface area contributed by atoms with E-state index >= 15 is 0 Å². The molecule has 0 N–H and O–H groups in total. The van der Waals surface area contributed by atoms with Crippen molar-refractivity contribution in [2.24, 2.45) is 0 Å². The van der Waals surface area contributed by atoms with E-state index < -0.39 is 8.80 Å². The maximum atomic E-state index is 5.83. The van der Waals surface area contributed by atoms with Crippen LogP contribution in [0.15, 0.2) is 30.6 Å². The van der Waals surface area contributed by atoms with Crippen molar-refractivity contribution in [1.29, 1.82) is 0 Å². The summed E-state index contributed by atoms with van der Waals surface area (Å²) in [6, 6.07) is 6.97. The third kappa shape index (κ3) is 7.12. The molecule has 0 aliphatic carbocycles. The Morgan fingerprint density at radius 1 is 0.850 bits per heavy atom. The van der Waals surface area contributed by atoms with Gasteiger partial charge in [-0.15, -0.1) is 0 Å². The molecule has 0 fully saturated rings. The first-order valence-electron chi connectivity index (χ1n) is 7.12. The zero-order valence-electron chi connectivity index (χ0n) is 12.7. The van der Waals surface area contributed by atoms with Crippen LogP contribution in [0.2, 0.25) is 6.04 Å². The molecule has 0 spiro atoms. The number of halogens is 1. The summed E-state index contributed by atoms with van der Waals surface area (Å²) in [7, 11) is -2.46. The number of aryl methyl sites for hydroxylation is 1. The largest absolute Gasteiger partial charge is 1.00 e. The van der Waals surface area contributed by atoms with E-state index in [9.17, 15) is 0 Å². The summed E-state index contributed by atoms with van der Waals surface area (Å²) in [5.74, 6) is 0. The predicted octanol–water partition coefficient (Wildman–Crippen LogP) is -0.583. The van der Waals surface area contributed by atoms with Crippen LogP contribution in [-0.2, 0) is 19.8 Å². The van der Waals surface area contributed by atoms with Gasteiger partial charge in [0.2, 0.25) is 0 Å². The first kappa shape index (κ1) is 20.0. The van der Waals surface area contributed by atoms with Crippen molar-refractivity contribution in [3.63, 3.8) is 0 Å². The summed E-state index contributed by atoms with van der Waals surface area (Å²) in [6.45, 7) is 8.87. The molecule has 0 saturated heterocycles. The van der Waals surface area contributed by atoms with Gasteiger partial charge in [-0.1, -0.05) is 6.07 Å². The van der Waals surface area contributed by atoms with Crippen LogP contribution >= 0.6 is 0 Å². The summed E-state index contributed by atoms with van der Waals surface area (Å²) >= 11 is 0. The van der Waals surface area contributed by atoms with Crippen LogP contribution in [-0.4, -0.2) is 28.6 Å². The van der Waals surface area contributed by atoms with Gasteiger partial charge in [-0.3, -0.25) is 0 Å². The number of aromatic nitrogens is 1. The molecule has 0 atom stereocenters. The van der Waals surface area contributed by atoms with Crippen molar-refractivity contribution in [3.05, 3.63) is 30.6 Å². The fourth-order valence-corrected chi connectivity index (χ4v) is 4.66. The van der Waals surface area contributed by atoms with Crippen molar-refractivity contribution < 1.29 is 41.8 Å². The predicted molar refractivity (Wildman–Crippen MR) is 76.7 cm³/mol. The summed E-state index contributed by atoms with van der Waals surface area (Å²) in [6.07, 6.45) is 5.15. The smallest absolute Gasteiger partial charge is 0.501 e. The van der Waals surface area contributed by atoms with Gasteiger partial charge in [-0.25, -0.2) is 4.57 Å². The molecule has 20 heavy (non-hydrogen) atoms. The van der Waals surface area contributed by atoms with Gasteiger partial charge >= 0.3 is 8.80 Å². The lowest BCUT2D eigenvalue weighted by atomic mass is 10.4. The molecule has 0 aliphatic rings. The second kappa shape index (κ2) is 11.6. The van der Waals surface area contributed by atoms with Crippen LogP contribution < -0.4 is 28.5 Å². The molecule has 0 bridgehead atoms. The molecule has 4 nitrogen and oxygen atoms in total. The van der Waals surface area contributed by atoms with E-state index in [1.54, 1.807) is 0 Å². The lowest BCUT2D eigenvalue weighted by Crippen LogP contribution is -3.00. The summed E-state index contributed by atoms with van der Waals surface area (Å²) < 4.78 is 19.7. The topological polar surface area (TPSA) is 31.6 Å². The molecule has 6 heteroatoms. The Labute approximate surface area is 140 Å². The van der Waals surface area contributed by atoms with Crippen LogP contribution in [0.5, 0.6) is 0 Å². The van der Waals surface area contributed by atoms with E-state index in [0.29, 0.717) is 19.8 Å². The van der Waals surface area contributed by atoms with E-state index in [-0.39, 0.29) is 24.0 Å². The number of hydrogen-bond donors (Lipinski definition) is 0. The Morgan fingerprint density at radius 3 is 1.80 bits per heavy atom. The maximum Gasteiger partial charge on any atom is 0.501 e. The van der Waals surface area contributed by atoms with Crippen molar-refractivity contribution in [3.8, 4) is 0 Å². The van der Waals surface area contributed by atoms with Gasteiger partial charge in [-0.05, 0) is 20.8 Å². The molecule has 0 aromatic carbocycles. The quantitative estimate of drug-likeness (QED) is 0.293. The zero-order valence-corrected chi connectivity index (χ0v) is 15.8. The molecular weight excluding hydrogens is 385 g/mol. The molecule has 0 saturated carbocycles. The molecule has 1 heterocycles. The average molecular weight is 411 g/mol.